The van der Waals surface area contributed by atoms with Crippen LogP contribution in [0.2, 0.25) is 0 Å². The van der Waals surface area contributed by atoms with E-state index in [-0.39, 0.29) is 23.3 Å². The Bertz CT molecular complexity index is 515. The Morgan fingerprint density at radius 3 is 2.42 bits per heavy atom. The molecule has 1 heterocycles. The maximum absolute atomic E-state index is 12.9. The van der Waals surface area contributed by atoms with Crippen LogP contribution in [-0.4, -0.2) is 49.1 Å². The summed E-state index contributed by atoms with van der Waals surface area (Å²) in [6.07, 6.45) is 7.23. The predicted octanol–water partition coefficient (Wildman–Crippen LogP) is 1.95. The minimum absolute atomic E-state index is 0.0662. The molecule has 0 aromatic carbocycles. The molecular formula is C19H30N2O3. The molecule has 4 fully saturated rings. The van der Waals surface area contributed by atoms with Gasteiger partial charge in [0.1, 0.15) is 0 Å². The molecule has 3 atom stereocenters. The van der Waals surface area contributed by atoms with Gasteiger partial charge in [-0.25, -0.2) is 0 Å². The van der Waals surface area contributed by atoms with E-state index < -0.39 is 0 Å². The van der Waals surface area contributed by atoms with Gasteiger partial charge in [-0.3, -0.25) is 9.59 Å². The van der Waals surface area contributed by atoms with E-state index in [0.29, 0.717) is 23.8 Å². The highest BCUT2D eigenvalue weighted by molar-refractivity contribution is 5.84. The van der Waals surface area contributed by atoms with Crippen LogP contribution < -0.4 is 5.32 Å². The normalized spacial score (nSPS) is 38.5. The lowest BCUT2D eigenvalue weighted by atomic mass is 9.64. The van der Waals surface area contributed by atoms with E-state index in [9.17, 15) is 9.59 Å². The SMILES string of the molecule is CCCC1(C(=O)N(C)C2CC(NC(=O)C3[C@H]4COC[C@@H]34)C2)CCC1. The molecule has 134 valence electrons. The molecule has 5 heteroatoms. The Morgan fingerprint density at radius 2 is 1.88 bits per heavy atom. The average molecular weight is 334 g/mol. The molecule has 2 amide bonds. The number of hydrogen-bond acceptors (Lipinski definition) is 3. The first-order chi connectivity index (χ1) is 11.6. The molecule has 1 N–H and O–H groups in total. The van der Waals surface area contributed by atoms with Gasteiger partial charge in [0.15, 0.2) is 0 Å². The van der Waals surface area contributed by atoms with Crippen LogP contribution in [0.4, 0.5) is 0 Å². The number of nitrogens with one attached hydrogen (secondary N) is 1. The molecule has 0 bridgehead atoms. The smallest absolute Gasteiger partial charge is 0.228 e. The number of hydrogen-bond donors (Lipinski definition) is 1. The topological polar surface area (TPSA) is 58.6 Å². The Hall–Kier alpha value is -1.10. The van der Waals surface area contributed by atoms with Crippen molar-refractivity contribution >= 4 is 11.8 Å². The molecule has 4 aliphatic rings. The molecule has 0 spiro atoms. The minimum Gasteiger partial charge on any atom is -0.381 e. The van der Waals surface area contributed by atoms with Crippen LogP contribution in [0.25, 0.3) is 0 Å². The van der Waals surface area contributed by atoms with Crippen LogP contribution >= 0.6 is 0 Å². The van der Waals surface area contributed by atoms with Crippen LogP contribution in [0.5, 0.6) is 0 Å². The van der Waals surface area contributed by atoms with E-state index in [1.165, 1.54) is 6.42 Å². The average Bonchev–Trinajstić information content (AvgIpc) is 2.98. The Kier molecular flexibility index (Phi) is 4.10. The van der Waals surface area contributed by atoms with Crippen molar-refractivity contribution < 1.29 is 14.3 Å². The van der Waals surface area contributed by atoms with Gasteiger partial charge in [0.05, 0.1) is 13.2 Å². The summed E-state index contributed by atoms with van der Waals surface area (Å²) in [5.74, 6) is 1.70. The van der Waals surface area contributed by atoms with Gasteiger partial charge in [0, 0.05) is 30.5 Å². The second kappa shape index (κ2) is 6.01. The molecule has 24 heavy (non-hydrogen) atoms. The van der Waals surface area contributed by atoms with Crippen molar-refractivity contribution in [3.05, 3.63) is 0 Å². The van der Waals surface area contributed by atoms with Gasteiger partial charge in [0.25, 0.3) is 0 Å². The van der Waals surface area contributed by atoms with Crippen molar-refractivity contribution in [2.24, 2.45) is 23.2 Å². The number of rotatable bonds is 6. The second-order valence-electron chi connectivity index (χ2n) is 8.52. The number of ether oxygens (including phenoxy) is 1. The van der Waals surface area contributed by atoms with Gasteiger partial charge in [-0.1, -0.05) is 19.8 Å². The number of amides is 2. The third-order valence-corrected chi connectivity index (χ3v) is 7.08. The lowest BCUT2D eigenvalue weighted by Crippen LogP contribution is -2.58. The number of fused-ring (bicyclic) bond motifs is 1. The molecule has 4 rings (SSSR count). The van der Waals surface area contributed by atoms with E-state index in [0.717, 1.165) is 51.7 Å². The van der Waals surface area contributed by atoms with Gasteiger partial charge in [-0.15, -0.1) is 0 Å². The van der Waals surface area contributed by atoms with Gasteiger partial charge < -0.3 is 15.0 Å². The third-order valence-electron chi connectivity index (χ3n) is 7.08. The summed E-state index contributed by atoms with van der Waals surface area (Å²) in [5, 5.41) is 3.19. The maximum atomic E-state index is 12.9. The highest BCUT2D eigenvalue weighted by Crippen LogP contribution is 2.51. The lowest BCUT2D eigenvalue weighted by Gasteiger charge is -2.48. The quantitative estimate of drug-likeness (QED) is 0.808. The molecule has 3 aliphatic carbocycles. The van der Waals surface area contributed by atoms with E-state index in [4.69, 9.17) is 4.74 Å². The minimum atomic E-state index is -0.0662. The molecular weight excluding hydrogens is 304 g/mol. The zero-order valence-corrected chi connectivity index (χ0v) is 14.9. The van der Waals surface area contributed by atoms with Gasteiger partial charge in [-0.05, 0) is 43.9 Å². The van der Waals surface area contributed by atoms with E-state index in [1.807, 2.05) is 11.9 Å². The fraction of sp³-hybridized carbons (Fsp3) is 0.895. The fourth-order valence-electron chi connectivity index (χ4n) is 5.14. The van der Waals surface area contributed by atoms with Crippen LogP contribution in [0.3, 0.4) is 0 Å². The van der Waals surface area contributed by atoms with Crippen LogP contribution in [0.1, 0.15) is 51.9 Å². The van der Waals surface area contributed by atoms with Crippen molar-refractivity contribution in [3.8, 4) is 0 Å². The van der Waals surface area contributed by atoms with Crippen molar-refractivity contribution in [2.45, 2.75) is 64.0 Å². The Labute approximate surface area is 144 Å². The second-order valence-corrected chi connectivity index (χ2v) is 8.52. The summed E-state index contributed by atoms with van der Waals surface area (Å²) in [4.78, 5) is 27.1. The molecule has 3 saturated carbocycles. The third kappa shape index (κ3) is 2.56. The van der Waals surface area contributed by atoms with Crippen molar-refractivity contribution in [1.29, 1.82) is 0 Å². The Balaban J connectivity index is 1.23. The number of carbonyl (C=O) groups excluding carboxylic acids is 2. The highest BCUT2D eigenvalue weighted by Gasteiger charge is 2.58. The first-order valence-corrected chi connectivity index (χ1v) is 9.71. The zero-order valence-electron chi connectivity index (χ0n) is 14.9. The fourth-order valence-corrected chi connectivity index (χ4v) is 5.14. The van der Waals surface area contributed by atoms with Crippen molar-refractivity contribution in [1.82, 2.24) is 10.2 Å². The number of nitrogens with zero attached hydrogens (tertiary/aromatic N) is 1. The summed E-state index contributed by atoms with van der Waals surface area (Å²) >= 11 is 0. The van der Waals surface area contributed by atoms with Gasteiger partial charge in [-0.2, -0.15) is 0 Å². The van der Waals surface area contributed by atoms with E-state index in [1.54, 1.807) is 0 Å². The lowest BCUT2D eigenvalue weighted by molar-refractivity contribution is -0.151. The molecule has 1 unspecified atom stereocenters. The first kappa shape index (κ1) is 16.4. The summed E-state index contributed by atoms with van der Waals surface area (Å²) < 4.78 is 5.35. The van der Waals surface area contributed by atoms with Crippen molar-refractivity contribution in [3.63, 3.8) is 0 Å². The molecule has 5 nitrogen and oxygen atoms in total. The summed E-state index contributed by atoms with van der Waals surface area (Å²) in [7, 11) is 1.96. The zero-order chi connectivity index (χ0) is 16.9. The maximum Gasteiger partial charge on any atom is 0.228 e. The molecule has 0 aromatic heterocycles. The Morgan fingerprint density at radius 1 is 1.21 bits per heavy atom. The van der Waals surface area contributed by atoms with Gasteiger partial charge in [0.2, 0.25) is 11.8 Å². The monoisotopic (exact) mass is 334 g/mol. The van der Waals surface area contributed by atoms with Crippen molar-refractivity contribution in [2.75, 3.05) is 20.3 Å². The predicted molar refractivity (Wildman–Crippen MR) is 90.2 cm³/mol. The molecule has 0 radical (unpaired) electrons. The van der Waals surface area contributed by atoms with E-state index in [2.05, 4.69) is 12.2 Å². The van der Waals surface area contributed by atoms with Crippen LogP contribution in [0.15, 0.2) is 0 Å². The summed E-state index contributed by atoms with van der Waals surface area (Å²) in [6, 6.07) is 0.558. The largest absolute Gasteiger partial charge is 0.381 e. The van der Waals surface area contributed by atoms with E-state index >= 15 is 0 Å². The highest BCUT2D eigenvalue weighted by atomic mass is 16.5. The molecule has 1 saturated heterocycles. The summed E-state index contributed by atoms with van der Waals surface area (Å²) in [6.45, 7) is 3.68. The standard InChI is InChI=1S/C19H30N2O3/c1-3-5-19(6-4-7-19)18(23)21(2)13-8-12(9-13)20-17(22)16-14-10-24-11-15(14)16/h12-16H,3-11H2,1-2H3,(H,20,22)/t12?,13?,14-,15+,16?. The molecule has 1 aliphatic heterocycles. The molecule has 0 aromatic rings. The van der Waals surface area contributed by atoms with Crippen LogP contribution in [-0.2, 0) is 14.3 Å². The number of carbonyl (C=O) groups is 2. The van der Waals surface area contributed by atoms with Gasteiger partial charge >= 0.3 is 0 Å². The summed E-state index contributed by atoms with van der Waals surface area (Å²) in [5.41, 5.74) is -0.0662. The first-order valence-electron chi connectivity index (χ1n) is 9.71. The van der Waals surface area contributed by atoms with Crippen LogP contribution in [0, 0.1) is 23.2 Å².